The Morgan fingerprint density at radius 2 is 1.95 bits per heavy atom. The summed E-state index contributed by atoms with van der Waals surface area (Å²) in [6.07, 6.45) is 2.34. The highest BCUT2D eigenvalue weighted by Crippen LogP contribution is 2.32. The number of nitrogens with two attached hydrogens (primary N) is 1. The summed E-state index contributed by atoms with van der Waals surface area (Å²) in [4.78, 5) is 37.5. The molecule has 1 aliphatic heterocycles. The molecule has 0 saturated carbocycles. The number of nitrogens with zero attached hydrogens (tertiary/aromatic N) is 3. The van der Waals surface area contributed by atoms with Crippen molar-refractivity contribution in [3.63, 3.8) is 0 Å². The van der Waals surface area contributed by atoms with Crippen LogP contribution < -0.4 is 11.1 Å². The van der Waals surface area contributed by atoms with Crippen molar-refractivity contribution in [1.29, 1.82) is 5.41 Å². The van der Waals surface area contributed by atoms with E-state index in [9.17, 15) is 9.59 Å². The van der Waals surface area contributed by atoms with Crippen LogP contribution in [0.4, 0.5) is 16.4 Å². The minimum absolute atomic E-state index is 0.000312. The van der Waals surface area contributed by atoms with Gasteiger partial charge in [0.05, 0.1) is 34.7 Å². The summed E-state index contributed by atoms with van der Waals surface area (Å²) in [5, 5.41) is 13.2. The number of anilines is 2. The SMILES string of the molecule is COC(=O)c1ccc2c(Cl)c(C(=N)c3c(N)ncnc3NC3CCN(C(=O)OC(C)(C)C)CC3)[nH]c2c1. The Bertz CT molecular complexity index is 1360. The number of ether oxygens (including phenoxy) is 2. The third kappa shape index (κ3) is 5.61. The van der Waals surface area contributed by atoms with Crippen molar-refractivity contribution in [1.82, 2.24) is 19.9 Å². The zero-order valence-corrected chi connectivity index (χ0v) is 21.9. The lowest BCUT2D eigenvalue weighted by Crippen LogP contribution is -2.44. The van der Waals surface area contributed by atoms with Gasteiger partial charge in [-0.25, -0.2) is 19.6 Å². The number of H-pyrrole nitrogens is 1. The van der Waals surface area contributed by atoms with Crippen molar-refractivity contribution in [2.75, 3.05) is 31.2 Å². The zero-order chi connectivity index (χ0) is 26.9. The molecule has 12 heteroatoms. The molecule has 0 aliphatic carbocycles. The highest BCUT2D eigenvalue weighted by atomic mass is 35.5. The van der Waals surface area contributed by atoms with E-state index in [1.165, 1.54) is 13.4 Å². The van der Waals surface area contributed by atoms with Gasteiger partial charge in [0.25, 0.3) is 0 Å². The number of hydrogen-bond donors (Lipinski definition) is 4. The van der Waals surface area contributed by atoms with Gasteiger partial charge in [-0.3, -0.25) is 5.41 Å². The molecule has 1 fully saturated rings. The van der Waals surface area contributed by atoms with E-state index in [2.05, 4.69) is 20.3 Å². The van der Waals surface area contributed by atoms with Crippen LogP contribution in [0.25, 0.3) is 10.9 Å². The van der Waals surface area contributed by atoms with Gasteiger partial charge < -0.3 is 30.4 Å². The lowest BCUT2D eigenvalue weighted by Gasteiger charge is -2.34. The lowest BCUT2D eigenvalue weighted by molar-refractivity contribution is 0.0210. The summed E-state index contributed by atoms with van der Waals surface area (Å²) in [6, 6.07) is 4.92. The van der Waals surface area contributed by atoms with Gasteiger partial charge in [-0.05, 0) is 45.7 Å². The Hall–Kier alpha value is -3.86. The largest absolute Gasteiger partial charge is 0.465 e. The standard InChI is InChI=1S/C25H30ClN7O4/c1-25(2,3)37-24(35)33-9-7-14(8-10-33)31-22-17(21(28)29-12-30-22)19(27)20-18(26)15-6-5-13(23(34)36-4)11-16(15)32-20/h5-6,11-12,14,27,32H,7-10H2,1-4H3,(H3,28,29,30,31). The molecule has 3 aromatic rings. The van der Waals surface area contributed by atoms with Gasteiger partial charge in [-0.1, -0.05) is 17.7 Å². The number of likely N-dealkylation sites (tertiary alicyclic amines) is 1. The van der Waals surface area contributed by atoms with Crippen LogP contribution in [0.1, 0.15) is 55.2 Å². The second-order valence-corrected chi connectivity index (χ2v) is 10.2. The molecule has 0 unspecified atom stereocenters. The maximum absolute atomic E-state index is 12.4. The fourth-order valence-electron chi connectivity index (χ4n) is 4.19. The highest BCUT2D eigenvalue weighted by molar-refractivity contribution is 6.40. The first-order valence-electron chi connectivity index (χ1n) is 11.8. The molecule has 1 aliphatic rings. The summed E-state index contributed by atoms with van der Waals surface area (Å²) < 4.78 is 10.3. The molecule has 3 heterocycles. The molecule has 1 amide bonds. The van der Waals surface area contributed by atoms with Crippen LogP contribution in [0, 0.1) is 5.41 Å². The Morgan fingerprint density at radius 1 is 1.24 bits per heavy atom. The number of halogens is 1. The number of carbonyl (C=O) groups is 2. The first-order valence-corrected chi connectivity index (χ1v) is 12.2. The number of aromatic nitrogens is 3. The molecule has 4 rings (SSSR count). The van der Waals surface area contributed by atoms with Crippen molar-refractivity contribution in [3.05, 3.63) is 46.4 Å². The minimum Gasteiger partial charge on any atom is -0.465 e. The molecule has 1 aromatic carbocycles. The van der Waals surface area contributed by atoms with E-state index in [-0.39, 0.29) is 23.7 Å². The average Bonchev–Trinajstić information content (AvgIpc) is 3.18. The second kappa shape index (κ2) is 10.3. The number of rotatable bonds is 5. The summed E-state index contributed by atoms with van der Waals surface area (Å²) in [5.74, 6) is 0.0472. The number of benzene rings is 1. The average molecular weight is 528 g/mol. The highest BCUT2D eigenvalue weighted by Gasteiger charge is 2.28. The topological polar surface area (TPSA) is 159 Å². The van der Waals surface area contributed by atoms with Crippen molar-refractivity contribution >= 4 is 51.9 Å². The maximum Gasteiger partial charge on any atom is 0.410 e. The number of hydrogen-bond acceptors (Lipinski definition) is 9. The molecule has 0 radical (unpaired) electrons. The fraction of sp³-hybridized carbons (Fsp3) is 0.400. The number of amides is 1. The second-order valence-electron chi connectivity index (χ2n) is 9.81. The summed E-state index contributed by atoms with van der Waals surface area (Å²) >= 11 is 6.62. The van der Waals surface area contributed by atoms with Gasteiger partial charge in [0, 0.05) is 30.0 Å². The molecule has 1 saturated heterocycles. The third-order valence-corrected chi connectivity index (χ3v) is 6.41. The van der Waals surface area contributed by atoms with Gasteiger partial charge in [0.2, 0.25) is 0 Å². The molecule has 5 N–H and O–H groups in total. The van der Waals surface area contributed by atoms with Crippen molar-refractivity contribution < 1.29 is 19.1 Å². The van der Waals surface area contributed by atoms with Crippen molar-refractivity contribution in [2.24, 2.45) is 0 Å². The molecule has 0 bridgehead atoms. The van der Waals surface area contributed by atoms with Gasteiger partial charge in [0.1, 0.15) is 23.6 Å². The number of piperidine rings is 1. The predicted molar refractivity (Wildman–Crippen MR) is 141 cm³/mol. The van der Waals surface area contributed by atoms with Gasteiger partial charge in [0.15, 0.2) is 0 Å². The summed E-state index contributed by atoms with van der Waals surface area (Å²) in [7, 11) is 1.31. The van der Waals surface area contributed by atoms with Crippen molar-refractivity contribution in [3.8, 4) is 0 Å². The molecule has 0 atom stereocenters. The van der Waals surface area contributed by atoms with E-state index in [1.54, 1.807) is 23.1 Å². The van der Waals surface area contributed by atoms with Gasteiger partial charge >= 0.3 is 12.1 Å². The zero-order valence-electron chi connectivity index (χ0n) is 21.1. The Balaban J connectivity index is 1.55. The maximum atomic E-state index is 12.4. The van der Waals surface area contributed by atoms with Crippen LogP contribution in [-0.2, 0) is 9.47 Å². The van der Waals surface area contributed by atoms with Crippen LogP contribution in [0.2, 0.25) is 5.02 Å². The quantitative estimate of drug-likeness (QED) is 0.283. The minimum atomic E-state index is -0.551. The smallest absolute Gasteiger partial charge is 0.410 e. The van der Waals surface area contributed by atoms with Crippen LogP contribution in [-0.4, -0.2) is 69.5 Å². The van der Waals surface area contributed by atoms with E-state index < -0.39 is 11.6 Å². The number of carbonyl (C=O) groups excluding carboxylic acids is 2. The fourth-order valence-corrected chi connectivity index (χ4v) is 4.49. The van der Waals surface area contributed by atoms with Crippen LogP contribution in [0.5, 0.6) is 0 Å². The molecular weight excluding hydrogens is 498 g/mol. The monoisotopic (exact) mass is 527 g/mol. The number of aromatic amines is 1. The normalized spacial score (nSPS) is 14.5. The Morgan fingerprint density at radius 3 is 2.59 bits per heavy atom. The lowest BCUT2D eigenvalue weighted by atomic mass is 10.0. The summed E-state index contributed by atoms with van der Waals surface area (Å²) in [6.45, 7) is 6.57. The van der Waals surface area contributed by atoms with E-state index >= 15 is 0 Å². The van der Waals surface area contributed by atoms with Crippen molar-refractivity contribution in [2.45, 2.75) is 45.3 Å². The van der Waals surface area contributed by atoms with E-state index in [4.69, 9.17) is 32.2 Å². The van der Waals surface area contributed by atoms with Gasteiger partial charge in [-0.2, -0.15) is 0 Å². The van der Waals surface area contributed by atoms with Gasteiger partial charge in [-0.15, -0.1) is 0 Å². The molecule has 2 aromatic heterocycles. The Labute approximate surface area is 219 Å². The first kappa shape index (κ1) is 26.2. The predicted octanol–water partition coefficient (Wildman–Crippen LogP) is 4.21. The van der Waals surface area contributed by atoms with Crippen LogP contribution >= 0.6 is 11.6 Å². The van der Waals surface area contributed by atoms with Crippen LogP contribution in [0.3, 0.4) is 0 Å². The summed E-state index contributed by atoms with van der Waals surface area (Å²) in [5.41, 5.74) is 7.21. The van der Waals surface area contributed by atoms with E-state index in [0.717, 1.165) is 0 Å². The third-order valence-electron chi connectivity index (χ3n) is 6.02. The Kier molecular flexibility index (Phi) is 7.26. The molecular formula is C25H30ClN7O4. The van der Waals surface area contributed by atoms with E-state index in [1.807, 2.05) is 20.8 Å². The molecule has 196 valence electrons. The van der Waals surface area contributed by atoms with E-state index in [0.29, 0.717) is 64.5 Å². The molecule has 11 nitrogen and oxygen atoms in total. The number of methoxy groups -OCH3 is 1. The number of fused-ring (bicyclic) bond motifs is 1. The number of esters is 1. The van der Waals surface area contributed by atoms with Crippen LogP contribution in [0.15, 0.2) is 24.5 Å². The number of nitrogens with one attached hydrogen (secondary N) is 3. The molecule has 37 heavy (non-hydrogen) atoms. The first-order chi connectivity index (χ1) is 17.5. The molecule has 0 spiro atoms. The number of nitrogen functional groups attached to an aromatic ring is 1.